The van der Waals surface area contributed by atoms with Gasteiger partial charge in [0.05, 0.1) is 5.69 Å². The van der Waals surface area contributed by atoms with Gasteiger partial charge in [-0.05, 0) is 56.5 Å². The van der Waals surface area contributed by atoms with Gasteiger partial charge in [-0.3, -0.25) is 4.79 Å². The highest BCUT2D eigenvalue weighted by atomic mass is 19.4. The van der Waals surface area contributed by atoms with E-state index in [1.54, 1.807) is 0 Å². The average Bonchev–Trinajstić information content (AvgIpc) is 2.70. The monoisotopic (exact) mass is 414 g/mol. The molecule has 8 nitrogen and oxygen atoms in total. The van der Waals surface area contributed by atoms with Crippen LogP contribution >= 0.6 is 0 Å². The summed E-state index contributed by atoms with van der Waals surface area (Å²) in [6.07, 6.45) is -2.78. The number of hydrogen-bond donors (Lipinski definition) is 3. The van der Waals surface area contributed by atoms with E-state index in [9.17, 15) is 18.0 Å². The van der Waals surface area contributed by atoms with Crippen molar-refractivity contribution in [2.45, 2.75) is 37.9 Å². The molecule has 4 rings (SSSR count). The molecule has 11 heteroatoms. The van der Waals surface area contributed by atoms with Crippen LogP contribution < -0.4 is 20.4 Å². The lowest BCUT2D eigenvalue weighted by atomic mass is 9.89. The van der Waals surface area contributed by atoms with Crippen LogP contribution in [0.15, 0.2) is 23.3 Å². The third kappa shape index (κ3) is 4.61. The number of anilines is 1. The van der Waals surface area contributed by atoms with Gasteiger partial charge in [-0.25, -0.2) is 10.2 Å². The third-order valence-corrected chi connectivity index (χ3v) is 4.99. The van der Waals surface area contributed by atoms with Crippen molar-refractivity contribution in [3.63, 3.8) is 0 Å². The number of amidine groups is 1. The van der Waals surface area contributed by atoms with Crippen molar-refractivity contribution < 1.29 is 32.6 Å². The first-order chi connectivity index (χ1) is 13.7. The number of amides is 1. The smallest absolute Gasteiger partial charge is 0.483 e. The molecule has 3 N–H and O–H groups in total. The topological polar surface area (TPSA) is 103 Å². The summed E-state index contributed by atoms with van der Waals surface area (Å²) >= 11 is 0. The fourth-order valence-corrected chi connectivity index (χ4v) is 3.45. The summed E-state index contributed by atoms with van der Waals surface area (Å²) in [5.74, 6) is -0.667. The second-order valence-corrected chi connectivity index (χ2v) is 6.89. The largest absolute Gasteiger partial charge is 0.490 e. The minimum Gasteiger partial charge on any atom is -0.483 e. The van der Waals surface area contributed by atoms with E-state index in [1.165, 1.54) is 5.56 Å². The van der Waals surface area contributed by atoms with Gasteiger partial charge in [-0.15, -0.1) is 0 Å². The van der Waals surface area contributed by atoms with Crippen LogP contribution in [0.4, 0.5) is 18.9 Å². The number of hydrazone groups is 1. The van der Waals surface area contributed by atoms with Gasteiger partial charge in [0.25, 0.3) is 5.91 Å². The zero-order valence-corrected chi connectivity index (χ0v) is 15.6. The first kappa shape index (κ1) is 20.9. The zero-order valence-electron chi connectivity index (χ0n) is 15.6. The molecule has 1 saturated heterocycles. The highest BCUT2D eigenvalue weighted by Crippen LogP contribution is 2.38. The molecule has 3 heterocycles. The molecule has 1 amide bonds. The molecule has 0 saturated carbocycles. The maximum absolute atomic E-state index is 11.9. The Balaban J connectivity index is 0.000000298. The number of halogens is 3. The zero-order chi connectivity index (χ0) is 21.2. The third-order valence-electron chi connectivity index (χ3n) is 4.99. The minimum absolute atomic E-state index is 0.0798. The highest BCUT2D eigenvalue weighted by molar-refractivity contribution is 6.09. The van der Waals surface area contributed by atoms with E-state index in [0.29, 0.717) is 12.5 Å². The predicted molar refractivity (Wildman–Crippen MR) is 98.0 cm³/mol. The number of carbonyl (C=O) groups is 2. The van der Waals surface area contributed by atoms with Crippen LogP contribution in [-0.2, 0) is 9.59 Å². The molecule has 0 spiro atoms. The Morgan fingerprint density at radius 2 is 1.97 bits per heavy atom. The van der Waals surface area contributed by atoms with E-state index >= 15 is 0 Å². The van der Waals surface area contributed by atoms with Crippen LogP contribution in [-0.4, -0.2) is 54.7 Å². The van der Waals surface area contributed by atoms with E-state index in [-0.39, 0.29) is 11.9 Å². The molecule has 1 unspecified atom stereocenters. The Bertz CT molecular complexity index is 822. The normalized spacial score (nSPS) is 21.5. The van der Waals surface area contributed by atoms with Gasteiger partial charge in [0.2, 0.25) is 0 Å². The number of ether oxygens (including phenoxy) is 1. The fourth-order valence-electron chi connectivity index (χ4n) is 3.45. The summed E-state index contributed by atoms with van der Waals surface area (Å²) in [4.78, 5) is 22.8. The quantitative estimate of drug-likeness (QED) is 0.648. The van der Waals surface area contributed by atoms with Gasteiger partial charge in [-0.2, -0.15) is 18.3 Å². The summed E-state index contributed by atoms with van der Waals surface area (Å²) in [5, 5.41) is 14.7. The first-order valence-electron chi connectivity index (χ1n) is 9.11. The Morgan fingerprint density at radius 1 is 1.31 bits per heavy atom. The molecule has 3 aliphatic rings. The number of benzene rings is 1. The van der Waals surface area contributed by atoms with Crippen LogP contribution in [0.25, 0.3) is 0 Å². The van der Waals surface area contributed by atoms with Gasteiger partial charge in [-0.1, -0.05) is 6.07 Å². The van der Waals surface area contributed by atoms with Crippen LogP contribution in [0.5, 0.6) is 5.75 Å². The average molecular weight is 414 g/mol. The molecule has 3 aliphatic heterocycles. The van der Waals surface area contributed by atoms with E-state index in [0.717, 1.165) is 43.2 Å². The van der Waals surface area contributed by atoms with Crippen LogP contribution in [0.1, 0.15) is 31.2 Å². The van der Waals surface area contributed by atoms with Gasteiger partial charge in [0, 0.05) is 0 Å². The Morgan fingerprint density at radius 3 is 2.59 bits per heavy atom. The van der Waals surface area contributed by atoms with Crippen molar-refractivity contribution in [1.29, 1.82) is 0 Å². The molecule has 1 fully saturated rings. The molecule has 0 bridgehead atoms. The van der Waals surface area contributed by atoms with Crippen molar-refractivity contribution >= 4 is 23.4 Å². The molecular formula is C18H21F3N4O4. The number of fused-ring (bicyclic) bond motifs is 3. The van der Waals surface area contributed by atoms with E-state index in [1.807, 2.05) is 17.9 Å². The maximum Gasteiger partial charge on any atom is 0.490 e. The van der Waals surface area contributed by atoms with Crippen molar-refractivity contribution in [3.05, 3.63) is 23.8 Å². The lowest BCUT2D eigenvalue weighted by molar-refractivity contribution is -0.192. The van der Waals surface area contributed by atoms with Crippen LogP contribution in [0.3, 0.4) is 0 Å². The van der Waals surface area contributed by atoms with Gasteiger partial charge in [0.1, 0.15) is 18.4 Å². The van der Waals surface area contributed by atoms with Gasteiger partial charge >= 0.3 is 12.1 Å². The summed E-state index contributed by atoms with van der Waals surface area (Å²) in [7, 11) is 0. The van der Waals surface area contributed by atoms with E-state index in [2.05, 4.69) is 28.0 Å². The standard InChI is InChI=1S/C16H20N4O2.C2HF3O2/c1-10-16(21)19-18-15-9-22-14-3-2-12(8-13(14)20(10)15)11-4-6-17-7-5-11;3-2(4,5)1(6)7/h2-3,8,10-11,17H,4-7,9H2,1H3,(H,19,21);(H,6,7). The summed E-state index contributed by atoms with van der Waals surface area (Å²) in [6, 6.07) is 6.10. The van der Waals surface area contributed by atoms with Crippen molar-refractivity contribution in [2.24, 2.45) is 5.10 Å². The summed E-state index contributed by atoms with van der Waals surface area (Å²) in [6.45, 7) is 4.42. The van der Waals surface area contributed by atoms with Crippen molar-refractivity contribution in [2.75, 3.05) is 24.6 Å². The van der Waals surface area contributed by atoms with E-state index < -0.39 is 12.1 Å². The molecular weight excluding hydrogens is 393 g/mol. The number of hydrogen-bond acceptors (Lipinski definition) is 6. The maximum atomic E-state index is 11.9. The number of aliphatic carboxylic acids is 1. The lowest BCUT2D eigenvalue weighted by Crippen LogP contribution is -2.55. The number of rotatable bonds is 1. The lowest BCUT2D eigenvalue weighted by Gasteiger charge is -2.38. The molecule has 1 atom stereocenters. The number of carboxylic acid groups (broad SMARTS) is 1. The molecule has 0 aromatic heterocycles. The molecule has 158 valence electrons. The summed E-state index contributed by atoms with van der Waals surface area (Å²) < 4.78 is 37.5. The Labute approximate surface area is 164 Å². The second-order valence-electron chi connectivity index (χ2n) is 6.89. The number of alkyl halides is 3. The van der Waals surface area contributed by atoms with Gasteiger partial charge in [0.15, 0.2) is 5.84 Å². The first-order valence-corrected chi connectivity index (χ1v) is 9.11. The number of carboxylic acids is 1. The molecule has 29 heavy (non-hydrogen) atoms. The Hall–Kier alpha value is -2.82. The SMILES string of the molecule is CC1C(=O)NN=C2COc3ccc(C4CCNCC4)cc3N21.O=C(O)C(F)(F)F. The molecule has 1 aromatic carbocycles. The number of carbonyl (C=O) groups excluding carboxylic acids is 1. The molecule has 0 aliphatic carbocycles. The van der Waals surface area contributed by atoms with Crippen molar-refractivity contribution in [3.8, 4) is 5.75 Å². The second kappa shape index (κ2) is 8.27. The van der Waals surface area contributed by atoms with E-state index in [4.69, 9.17) is 14.6 Å². The fraction of sp³-hybridized carbons (Fsp3) is 0.500. The highest BCUT2D eigenvalue weighted by Gasteiger charge is 2.38. The minimum atomic E-state index is -5.08. The Kier molecular flexibility index (Phi) is 5.96. The van der Waals surface area contributed by atoms with Gasteiger partial charge < -0.3 is 20.1 Å². The van der Waals surface area contributed by atoms with Crippen LogP contribution in [0, 0.1) is 0 Å². The molecule has 1 aromatic rings. The number of nitrogens with one attached hydrogen (secondary N) is 2. The van der Waals surface area contributed by atoms with Crippen molar-refractivity contribution in [1.82, 2.24) is 10.7 Å². The predicted octanol–water partition coefficient (Wildman–Crippen LogP) is 1.82. The molecule has 0 radical (unpaired) electrons. The number of piperidine rings is 1. The van der Waals surface area contributed by atoms with Crippen LogP contribution in [0.2, 0.25) is 0 Å². The number of nitrogens with zero attached hydrogens (tertiary/aromatic N) is 2. The summed E-state index contributed by atoms with van der Waals surface area (Å²) in [5.41, 5.74) is 4.84.